The van der Waals surface area contributed by atoms with Crippen LogP contribution in [0.1, 0.15) is 38.7 Å². The Morgan fingerprint density at radius 1 is 1.06 bits per heavy atom. The maximum atomic E-state index is 12.4. The Labute approximate surface area is 221 Å². The molecule has 0 amide bonds. The van der Waals surface area contributed by atoms with Crippen molar-refractivity contribution in [3.8, 4) is 11.1 Å². The molecule has 1 heterocycles. The number of hydrogen-bond acceptors (Lipinski definition) is 4. The van der Waals surface area contributed by atoms with Crippen molar-refractivity contribution in [1.82, 2.24) is 0 Å². The molecule has 0 atom stereocenters. The minimum absolute atomic E-state index is 0. The minimum Gasteiger partial charge on any atom is -1.00 e. The first-order chi connectivity index (χ1) is 15.4. The molecule has 1 saturated heterocycles. The molecule has 2 aromatic rings. The zero-order valence-corrected chi connectivity index (χ0v) is 22.4. The highest BCUT2D eigenvalue weighted by atomic mass is 35.5. The lowest BCUT2D eigenvalue weighted by Crippen LogP contribution is -3.00. The van der Waals surface area contributed by atoms with Crippen molar-refractivity contribution in [2.24, 2.45) is 11.1 Å². The number of hydrogen-bond donors (Lipinski definition) is 1. The fraction of sp³-hybridized carbons (Fsp3) is 0.500. The number of esters is 1. The average Bonchev–Trinajstić information content (AvgIpc) is 2.82. The maximum Gasteiger partial charge on any atom is 0.317 e. The number of carbonyl (C=O) groups excluding carboxylic acids is 1. The maximum absolute atomic E-state index is 12.4. The molecule has 0 radical (unpaired) electrons. The van der Waals surface area contributed by atoms with Gasteiger partial charge in [-0.25, -0.2) is 0 Å². The number of quaternary nitrogens is 1. The molecule has 2 N–H and O–H groups in total. The summed E-state index contributed by atoms with van der Waals surface area (Å²) in [5, 5.41) is 0.730. The molecule has 0 unspecified atom stereocenters. The third-order valence-electron chi connectivity index (χ3n) is 6.44. The predicted octanol–water partition coefficient (Wildman–Crippen LogP) is 2.44. The first kappa shape index (κ1) is 30.7. The van der Waals surface area contributed by atoms with Crippen molar-refractivity contribution in [1.29, 1.82) is 0 Å². The van der Waals surface area contributed by atoms with Gasteiger partial charge in [0.1, 0.15) is 6.54 Å². The second-order valence-corrected chi connectivity index (χ2v) is 9.88. The number of nitrogens with zero attached hydrogens (tertiary/aromatic N) is 1. The van der Waals surface area contributed by atoms with E-state index in [1.54, 1.807) is 0 Å². The number of carbonyl (C=O) groups is 1. The van der Waals surface area contributed by atoms with Gasteiger partial charge in [-0.3, -0.25) is 9.28 Å². The van der Waals surface area contributed by atoms with E-state index in [-0.39, 0.29) is 37.3 Å². The van der Waals surface area contributed by atoms with Gasteiger partial charge in [0, 0.05) is 11.6 Å². The molecule has 1 aliphatic rings. The van der Waals surface area contributed by atoms with Crippen molar-refractivity contribution in [2.45, 2.75) is 39.7 Å². The van der Waals surface area contributed by atoms with Gasteiger partial charge >= 0.3 is 5.97 Å². The quantitative estimate of drug-likeness (QED) is 0.291. The van der Waals surface area contributed by atoms with E-state index < -0.39 is 5.41 Å². The monoisotopic (exact) mass is 530 g/mol. The van der Waals surface area contributed by atoms with Gasteiger partial charge < -0.3 is 27.6 Å². The average molecular weight is 532 g/mol. The van der Waals surface area contributed by atoms with Crippen LogP contribution in [0.25, 0.3) is 11.1 Å². The number of rotatable bonds is 10. The molecule has 3 rings (SSSR count). The number of halogens is 3. The molecule has 8 heteroatoms. The predicted molar refractivity (Wildman–Crippen MR) is 136 cm³/mol. The van der Waals surface area contributed by atoms with Gasteiger partial charge in [-0.1, -0.05) is 48.0 Å². The highest BCUT2D eigenvalue weighted by Gasteiger charge is 2.34. The van der Waals surface area contributed by atoms with E-state index in [4.69, 9.17) is 26.8 Å². The van der Waals surface area contributed by atoms with Crippen LogP contribution in [-0.2, 0) is 20.9 Å². The number of ether oxygens (including phenoxy) is 2. The summed E-state index contributed by atoms with van der Waals surface area (Å²) in [6.07, 6.45) is 3.53. The second kappa shape index (κ2) is 14.3. The zero-order chi connectivity index (χ0) is 23.0. The normalized spacial score (nSPS) is 15.1. The Hall–Kier alpha value is -1.34. The van der Waals surface area contributed by atoms with E-state index in [9.17, 15) is 4.79 Å². The number of nitrogens with two attached hydrogens (primary N) is 1. The molecular formula is C26H37Cl3N2O3. The van der Waals surface area contributed by atoms with E-state index in [0.29, 0.717) is 19.9 Å². The van der Waals surface area contributed by atoms with Crippen LogP contribution in [0.2, 0.25) is 5.02 Å². The van der Waals surface area contributed by atoms with Crippen LogP contribution in [0.5, 0.6) is 0 Å². The molecule has 0 spiro atoms. The van der Waals surface area contributed by atoms with E-state index >= 15 is 0 Å². The van der Waals surface area contributed by atoms with Gasteiger partial charge in [0.05, 0.1) is 31.7 Å². The summed E-state index contributed by atoms with van der Waals surface area (Å²) in [6, 6.07) is 16.2. The Balaban J connectivity index is 0.00000289. The molecule has 0 aromatic heterocycles. The third-order valence-corrected chi connectivity index (χ3v) is 6.69. The van der Waals surface area contributed by atoms with Crippen molar-refractivity contribution < 1.29 is 31.2 Å². The van der Waals surface area contributed by atoms with Gasteiger partial charge in [-0.15, -0.1) is 12.4 Å². The van der Waals surface area contributed by atoms with Gasteiger partial charge in [-0.2, -0.15) is 0 Å². The lowest BCUT2D eigenvalue weighted by molar-refractivity contribution is -0.948. The molecule has 190 valence electrons. The van der Waals surface area contributed by atoms with Crippen LogP contribution in [0.4, 0.5) is 0 Å². The van der Waals surface area contributed by atoms with Crippen molar-refractivity contribution in [3.63, 3.8) is 0 Å². The van der Waals surface area contributed by atoms with Crippen molar-refractivity contribution >= 4 is 30.0 Å². The summed E-state index contributed by atoms with van der Waals surface area (Å²) in [4.78, 5) is 12.4. The molecule has 0 bridgehead atoms. The topological polar surface area (TPSA) is 61.6 Å². The van der Waals surface area contributed by atoms with Crippen LogP contribution >= 0.6 is 24.0 Å². The number of benzene rings is 2. The highest BCUT2D eigenvalue weighted by molar-refractivity contribution is 6.30. The minimum atomic E-state index is -0.651. The van der Waals surface area contributed by atoms with Crippen LogP contribution in [-0.4, -0.2) is 50.0 Å². The Morgan fingerprint density at radius 3 is 2.35 bits per heavy atom. The van der Waals surface area contributed by atoms with Gasteiger partial charge in [-0.05, 0) is 61.9 Å². The van der Waals surface area contributed by atoms with Crippen LogP contribution < -0.4 is 18.1 Å². The fourth-order valence-electron chi connectivity index (χ4n) is 4.07. The van der Waals surface area contributed by atoms with E-state index in [1.165, 1.54) is 6.42 Å². The Bertz CT molecular complexity index is 885. The number of piperidine rings is 1. The molecule has 2 aromatic carbocycles. The molecule has 0 saturated carbocycles. The summed E-state index contributed by atoms with van der Waals surface area (Å²) in [6.45, 7) is 8.36. The number of likely N-dealkylation sites (tertiary alicyclic amines) is 1. The Kier molecular flexibility index (Phi) is 12.9. The molecule has 1 aliphatic heterocycles. The van der Waals surface area contributed by atoms with Gasteiger partial charge in [0.15, 0.2) is 0 Å². The standard InChI is InChI=1S/C26H36ClN2O3.2ClH/c1-26(2,19-28)25(30)32-20-29(14-6-3-7-15-29)16-17-31-18-22-8-4-5-9-24(22)21-10-12-23(27)13-11-21;;/h4-5,8-13H,3,6-7,14-20,28H2,1-2H3;2*1H/q+1;;/p-1. The van der Waals surface area contributed by atoms with E-state index in [0.717, 1.165) is 58.7 Å². The highest BCUT2D eigenvalue weighted by Crippen LogP contribution is 2.26. The summed E-state index contributed by atoms with van der Waals surface area (Å²) in [5.41, 5.74) is 8.51. The molecule has 5 nitrogen and oxygen atoms in total. The van der Waals surface area contributed by atoms with Crippen molar-refractivity contribution in [3.05, 3.63) is 59.1 Å². The lowest BCUT2D eigenvalue weighted by atomic mass is 9.94. The second-order valence-electron chi connectivity index (χ2n) is 9.44. The van der Waals surface area contributed by atoms with Crippen molar-refractivity contribution in [2.75, 3.05) is 39.5 Å². The molecule has 0 aliphatic carbocycles. The first-order valence-electron chi connectivity index (χ1n) is 11.5. The summed E-state index contributed by atoms with van der Waals surface area (Å²) >= 11 is 6.04. The summed E-state index contributed by atoms with van der Waals surface area (Å²) in [7, 11) is 0. The largest absolute Gasteiger partial charge is 1.00 e. The van der Waals surface area contributed by atoms with E-state index in [1.807, 2.05) is 50.2 Å². The smallest absolute Gasteiger partial charge is 0.317 e. The lowest BCUT2D eigenvalue weighted by Gasteiger charge is -2.41. The summed E-state index contributed by atoms with van der Waals surface area (Å²) < 4.78 is 12.6. The molecule has 34 heavy (non-hydrogen) atoms. The Morgan fingerprint density at radius 2 is 1.71 bits per heavy atom. The van der Waals surface area contributed by atoms with Crippen LogP contribution in [0.15, 0.2) is 48.5 Å². The van der Waals surface area contributed by atoms with Gasteiger partial charge in [0.25, 0.3) is 0 Å². The third kappa shape index (κ3) is 8.40. The SMILES string of the molecule is CC(C)(CN)C(=O)OC[N+]1(CCOCc2ccccc2-c2ccc(Cl)cc2)CCCCC1.Cl.[Cl-]. The van der Waals surface area contributed by atoms with Crippen LogP contribution in [0, 0.1) is 5.41 Å². The zero-order valence-electron chi connectivity index (χ0n) is 20.1. The first-order valence-corrected chi connectivity index (χ1v) is 11.9. The van der Waals surface area contributed by atoms with E-state index in [2.05, 4.69) is 12.1 Å². The van der Waals surface area contributed by atoms with Gasteiger partial charge in [0.2, 0.25) is 6.73 Å². The fourth-order valence-corrected chi connectivity index (χ4v) is 4.20. The molecule has 1 fully saturated rings. The molecular weight excluding hydrogens is 495 g/mol. The van der Waals surface area contributed by atoms with Crippen LogP contribution in [0.3, 0.4) is 0 Å². The summed E-state index contributed by atoms with van der Waals surface area (Å²) in [5.74, 6) is -0.221.